The standard InChI is InChI=1S/C18H12ClF3N6O/c19-16-14(24-9-13-4-6-23-15-5-7-25-27(13)15)10-26-28(17(16)29)12-3-1-2-11(8-12)18(20,21)22/h1-8,10,24H,9H2. The number of anilines is 1. The number of hydrogen-bond acceptors (Lipinski definition) is 5. The quantitative estimate of drug-likeness (QED) is 0.546. The summed E-state index contributed by atoms with van der Waals surface area (Å²) < 4.78 is 41.2. The van der Waals surface area contributed by atoms with Crippen LogP contribution in [-0.4, -0.2) is 24.4 Å². The number of hydrogen-bond donors (Lipinski definition) is 1. The maximum absolute atomic E-state index is 12.9. The molecule has 3 aromatic heterocycles. The Hall–Kier alpha value is -3.40. The molecule has 0 atom stereocenters. The maximum atomic E-state index is 12.9. The SMILES string of the molecule is O=c1c(Cl)c(NCc2ccnc3ccnn23)cnn1-c1cccc(C(F)(F)F)c1. The summed E-state index contributed by atoms with van der Waals surface area (Å²) in [6.45, 7) is 0.273. The van der Waals surface area contributed by atoms with E-state index in [0.717, 1.165) is 22.5 Å². The van der Waals surface area contributed by atoms with Crippen LogP contribution in [0.15, 0.2) is 59.8 Å². The highest BCUT2D eigenvalue weighted by Crippen LogP contribution is 2.30. The van der Waals surface area contributed by atoms with Gasteiger partial charge in [-0.1, -0.05) is 17.7 Å². The van der Waals surface area contributed by atoms with Crippen molar-refractivity contribution in [2.75, 3.05) is 5.32 Å². The predicted octanol–water partition coefficient (Wildman–Crippen LogP) is 3.56. The summed E-state index contributed by atoms with van der Waals surface area (Å²) in [5.41, 5.74) is 0.00665. The molecule has 0 spiro atoms. The van der Waals surface area contributed by atoms with Gasteiger partial charge in [-0.3, -0.25) is 4.79 Å². The lowest BCUT2D eigenvalue weighted by Crippen LogP contribution is -2.23. The van der Waals surface area contributed by atoms with Gasteiger partial charge in [0, 0.05) is 12.3 Å². The molecule has 0 amide bonds. The van der Waals surface area contributed by atoms with Gasteiger partial charge in [0.1, 0.15) is 5.02 Å². The highest BCUT2D eigenvalue weighted by molar-refractivity contribution is 6.32. The van der Waals surface area contributed by atoms with Gasteiger partial charge in [0.05, 0.1) is 41.6 Å². The molecule has 0 aliphatic heterocycles. The molecule has 1 N–H and O–H groups in total. The molecule has 0 saturated carbocycles. The molecule has 0 aliphatic carbocycles. The molecular formula is C18H12ClF3N6O. The van der Waals surface area contributed by atoms with Crippen molar-refractivity contribution in [3.63, 3.8) is 0 Å². The number of halogens is 4. The smallest absolute Gasteiger partial charge is 0.377 e. The van der Waals surface area contributed by atoms with E-state index < -0.39 is 17.3 Å². The molecule has 29 heavy (non-hydrogen) atoms. The lowest BCUT2D eigenvalue weighted by molar-refractivity contribution is -0.137. The fraction of sp³-hybridized carbons (Fsp3) is 0.111. The molecule has 1 aromatic carbocycles. The van der Waals surface area contributed by atoms with Gasteiger partial charge >= 0.3 is 6.18 Å². The third kappa shape index (κ3) is 3.66. The van der Waals surface area contributed by atoms with E-state index in [1.807, 2.05) is 0 Å². The summed E-state index contributed by atoms with van der Waals surface area (Å²) in [6, 6.07) is 7.79. The zero-order valence-corrected chi connectivity index (χ0v) is 15.3. The van der Waals surface area contributed by atoms with Crippen LogP contribution in [0.4, 0.5) is 18.9 Å². The maximum Gasteiger partial charge on any atom is 0.416 e. The van der Waals surface area contributed by atoms with E-state index in [0.29, 0.717) is 5.65 Å². The van der Waals surface area contributed by atoms with Crippen molar-refractivity contribution in [2.24, 2.45) is 0 Å². The molecule has 0 radical (unpaired) electrons. The monoisotopic (exact) mass is 420 g/mol. The Bertz CT molecular complexity index is 1250. The average molecular weight is 421 g/mol. The van der Waals surface area contributed by atoms with Crippen molar-refractivity contribution in [3.8, 4) is 5.69 Å². The van der Waals surface area contributed by atoms with Gasteiger partial charge in [0.2, 0.25) is 0 Å². The van der Waals surface area contributed by atoms with Crippen molar-refractivity contribution < 1.29 is 13.2 Å². The first-order chi connectivity index (χ1) is 13.8. The summed E-state index contributed by atoms with van der Waals surface area (Å²) in [6.07, 6.45) is -0.0190. The Balaban J connectivity index is 1.63. The molecule has 0 fully saturated rings. The molecular weight excluding hydrogens is 409 g/mol. The number of alkyl halides is 3. The molecule has 7 nitrogen and oxygen atoms in total. The Morgan fingerprint density at radius 3 is 2.72 bits per heavy atom. The number of fused-ring (bicyclic) bond motifs is 1. The van der Waals surface area contributed by atoms with Crippen LogP contribution in [0.1, 0.15) is 11.3 Å². The van der Waals surface area contributed by atoms with Gasteiger partial charge in [-0.25, -0.2) is 9.50 Å². The Kier molecular flexibility index (Phi) is 4.71. The van der Waals surface area contributed by atoms with E-state index in [1.54, 1.807) is 29.0 Å². The van der Waals surface area contributed by atoms with Crippen molar-refractivity contribution in [3.05, 3.63) is 81.6 Å². The van der Waals surface area contributed by atoms with Crippen LogP contribution in [0.2, 0.25) is 5.02 Å². The van der Waals surface area contributed by atoms with Crippen LogP contribution in [-0.2, 0) is 12.7 Å². The molecule has 0 bridgehead atoms. The third-order valence-corrected chi connectivity index (χ3v) is 4.53. The minimum Gasteiger partial charge on any atom is -0.377 e. The molecule has 3 heterocycles. The zero-order valence-electron chi connectivity index (χ0n) is 14.6. The third-order valence-electron chi connectivity index (χ3n) is 4.17. The average Bonchev–Trinajstić information content (AvgIpc) is 3.18. The summed E-state index contributed by atoms with van der Waals surface area (Å²) in [5.74, 6) is 0. The van der Waals surface area contributed by atoms with Gasteiger partial charge in [0.15, 0.2) is 5.65 Å². The molecule has 4 aromatic rings. The van der Waals surface area contributed by atoms with Crippen LogP contribution in [0.5, 0.6) is 0 Å². The number of nitrogens with one attached hydrogen (secondary N) is 1. The first-order valence-corrected chi connectivity index (χ1v) is 8.69. The van der Waals surface area contributed by atoms with E-state index in [1.165, 1.54) is 18.3 Å². The van der Waals surface area contributed by atoms with E-state index in [2.05, 4.69) is 20.5 Å². The van der Waals surface area contributed by atoms with E-state index in [9.17, 15) is 18.0 Å². The van der Waals surface area contributed by atoms with Crippen molar-refractivity contribution >= 4 is 22.9 Å². The normalized spacial score (nSPS) is 11.7. The number of rotatable bonds is 4. The second-order valence-corrected chi connectivity index (χ2v) is 6.41. The molecule has 0 saturated heterocycles. The Labute approximate surface area is 166 Å². The first-order valence-electron chi connectivity index (χ1n) is 8.31. The number of nitrogens with zero attached hydrogens (tertiary/aromatic N) is 5. The summed E-state index contributed by atoms with van der Waals surface area (Å²) in [5, 5.41) is 10.9. The fourth-order valence-corrected chi connectivity index (χ4v) is 2.95. The van der Waals surface area contributed by atoms with Crippen molar-refractivity contribution in [2.45, 2.75) is 12.7 Å². The van der Waals surface area contributed by atoms with Gasteiger partial charge in [-0.2, -0.15) is 28.1 Å². The predicted molar refractivity (Wildman–Crippen MR) is 100 cm³/mol. The van der Waals surface area contributed by atoms with Crippen LogP contribution in [0.3, 0.4) is 0 Å². The highest BCUT2D eigenvalue weighted by atomic mass is 35.5. The molecule has 4 rings (SSSR count). The highest BCUT2D eigenvalue weighted by Gasteiger charge is 2.30. The molecule has 0 aliphatic rings. The second kappa shape index (κ2) is 7.21. The van der Waals surface area contributed by atoms with Crippen LogP contribution in [0, 0.1) is 0 Å². The molecule has 148 valence electrons. The van der Waals surface area contributed by atoms with Gasteiger partial charge < -0.3 is 5.32 Å². The van der Waals surface area contributed by atoms with Crippen molar-refractivity contribution in [1.29, 1.82) is 0 Å². The van der Waals surface area contributed by atoms with Crippen LogP contribution >= 0.6 is 11.6 Å². The lowest BCUT2D eigenvalue weighted by atomic mass is 10.2. The first kappa shape index (κ1) is 18.9. The van der Waals surface area contributed by atoms with E-state index in [4.69, 9.17) is 11.6 Å². The summed E-state index contributed by atoms with van der Waals surface area (Å²) in [7, 11) is 0. The van der Waals surface area contributed by atoms with Gasteiger partial charge in [-0.15, -0.1) is 0 Å². The largest absolute Gasteiger partial charge is 0.416 e. The summed E-state index contributed by atoms with van der Waals surface area (Å²) in [4.78, 5) is 16.7. The van der Waals surface area contributed by atoms with Gasteiger partial charge in [0.25, 0.3) is 5.56 Å². The van der Waals surface area contributed by atoms with Gasteiger partial charge in [-0.05, 0) is 24.3 Å². The molecule has 0 unspecified atom stereocenters. The Morgan fingerprint density at radius 1 is 1.10 bits per heavy atom. The van der Waals surface area contributed by atoms with Crippen LogP contribution < -0.4 is 10.9 Å². The van der Waals surface area contributed by atoms with Crippen LogP contribution in [0.25, 0.3) is 11.3 Å². The lowest BCUT2D eigenvalue weighted by Gasteiger charge is -2.12. The van der Waals surface area contributed by atoms with E-state index >= 15 is 0 Å². The van der Waals surface area contributed by atoms with Crippen molar-refractivity contribution in [1.82, 2.24) is 24.4 Å². The van der Waals surface area contributed by atoms with E-state index in [-0.39, 0.29) is 22.9 Å². The number of benzene rings is 1. The molecule has 11 heteroatoms. The number of aromatic nitrogens is 5. The minimum absolute atomic E-state index is 0.0364. The topological polar surface area (TPSA) is 77.1 Å². The fourth-order valence-electron chi connectivity index (χ4n) is 2.76. The zero-order chi connectivity index (χ0) is 20.6. The second-order valence-electron chi connectivity index (χ2n) is 6.03. The summed E-state index contributed by atoms with van der Waals surface area (Å²) >= 11 is 6.15. The Morgan fingerprint density at radius 2 is 1.93 bits per heavy atom. The minimum atomic E-state index is -4.53.